The molecule has 0 atom stereocenters. The number of para-hydroxylation sites is 1. The Morgan fingerprint density at radius 3 is 2.94 bits per heavy atom. The van der Waals surface area contributed by atoms with E-state index in [2.05, 4.69) is 10.1 Å². The average Bonchev–Trinajstić information content (AvgIpc) is 2.76. The van der Waals surface area contributed by atoms with Crippen LogP contribution in [0.4, 0.5) is 0 Å². The van der Waals surface area contributed by atoms with E-state index in [4.69, 9.17) is 5.73 Å². The summed E-state index contributed by atoms with van der Waals surface area (Å²) >= 11 is 0. The fraction of sp³-hybridized carbons (Fsp3) is 0. The number of rotatable bonds is 1. The first-order valence-corrected chi connectivity index (χ1v) is 4.78. The standard InChI is InChI=1S/C11H8N4O/c12-10(16)8-5-7-3-1-2-4-9(7)15-11(8)13-6-14-15/h1-6H,(H2,12,16). The summed E-state index contributed by atoms with van der Waals surface area (Å²) in [5.74, 6) is -0.497. The lowest BCUT2D eigenvalue weighted by Crippen LogP contribution is -2.13. The lowest BCUT2D eigenvalue weighted by molar-refractivity contribution is 0.100. The van der Waals surface area contributed by atoms with E-state index in [1.807, 2.05) is 24.3 Å². The van der Waals surface area contributed by atoms with Gasteiger partial charge >= 0.3 is 0 Å². The number of nitrogens with zero attached hydrogens (tertiary/aromatic N) is 3. The molecule has 3 rings (SSSR count). The molecule has 0 aliphatic carbocycles. The molecule has 3 aromatic rings. The molecule has 1 aromatic carbocycles. The molecular weight excluding hydrogens is 204 g/mol. The van der Waals surface area contributed by atoms with Gasteiger partial charge in [-0.15, -0.1) is 0 Å². The third-order valence-corrected chi connectivity index (χ3v) is 2.52. The van der Waals surface area contributed by atoms with E-state index in [0.717, 1.165) is 10.9 Å². The van der Waals surface area contributed by atoms with Crippen LogP contribution in [0.1, 0.15) is 10.4 Å². The number of pyridine rings is 1. The molecule has 5 heteroatoms. The van der Waals surface area contributed by atoms with Gasteiger partial charge in [-0.3, -0.25) is 4.79 Å². The molecular formula is C11H8N4O. The predicted molar refractivity (Wildman–Crippen MR) is 59.0 cm³/mol. The Labute approximate surface area is 90.5 Å². The molecule has 0 aliphatic rings. The quantitative estimate of drug-likeness (QED) is 0.653. The van der Waals surface area contributed by atoms with E-state index in [9.17, 15) is 4.79 Å². The second-order valence-corrected chi connectivity index (χ2v) is 3.48. The van der Waals surface area contributed by atoms with Crippen LogP contribution in [0, 0.1) is 0 Å². The first kappa shape index (κ1) is 8.84. The Balaban J connectivity index is 2.58. The Bertz CT molecular complexity index is 701. The molecule has 0 spiro atoms. The Morgan fingerprint density at radius 1 is 1.31 bits per heavy atom. The van der Waals surface area contributed by atoms with Crippen LogP contribution in [-0.4, -0.2) is 20.5 Å². The second-order valence-electron chi connectivity index (χ2n) is 3.48. The van der Waals surface area contributed by atoms with E-state index >= 15 is 0 Å². The Hall–Kier alpha value is -2.43. The van der Waals surface area contributed by atoms with E-state index < -0.39 is 5.91 Å². The summed E-state index contributed by atoms with van der Waals surface area (Å²) in [6.45, 7) is 0. The van der Waals surface area contributed by atoms with Gasteiger partial charge in [-0.1, -0.05) is 18.2 Å². The highest BCUT2D eigenvalue weighted by Crippen LogP contribution is 2.18. The van der Waals surface area contributed by atoms with Crippen LogP contribution in [0.25, 0.3) is 16.6 Å². The van der Waals surface area contributed by atoms with Crippen molar-refractivity contribution in [3.63, 3.8) is 0 Å². The summed E-state index contributed by atoms with van der Waals surface area (Å²) < 4.78 is 1.62. The van der Waals surface area contributed by atoms with Gasteiger partial charge in [-0.05, 0) is 12.1 Å². The number of hydrogen-bond donors (Lipinski definition) is 1. The minimum absolute atomic E-state index is 0.385. The van der Waals surface area contributed by atoms with Gasteiger partial charge in [0.15, 0.2) is 5.65 Å². The average molecular weight is 212 g/mol. The number of aromatic nitrogens is 3. The van der Waals surface area contributed by atoms with E-state index in [1.165, 1.54) is 6.33 Å². The normalized spacial score (nSPS) is 11.0. The molecule has 2 N–H and O–H groups in total. The summed E-state index contributed by atoms with van der Waals surface area (Å²) in [6.07, 6.45) is 1.41. The van der Waals surface area contributed by atoms with Crippen molar-refractivity contribution >= 4 is 22.5 Å². The summed E-state index contributed by atoms with van der Waals surface area (Å²) in [7, 11) is 0. The zero-order valence-electron chi connectivity index (χ0n) is 8.29. The highest BCUT2D eigenvalue weighted by atomic mass is 16.1. The number of carbonyl (C=O) groups is 1. The van der Waals surface area contributed by atoms with Crippen molar-refractivity contribution in [2.24, 2.45) is 5.73 Å². The minimum atomic E-state index is -0.497. The van der Waals surface area contributed by atoms with Gasteiger partial charge in [0.1, 0.15) is 6.33 Å². The van der Waals surface area contributed by atoms with Gasteiger partial charge < -0.3 is 5.73 Å². The number of carbonyl (C=O) groups excluding carboxylic acids is 1. The van der Waals surface area contributed by atoms with E-state index in [-0.39, 0.29) is 0 Å². The van der Waals surface area contributed by atoms with Gasteiger partial charge in [-0.2, -0.15) is 5.10 Å². The van der Waals surface area contributed by atoms with E-state index in [1.54, 1.807) is 10.6 Å². The zero-order valence-corrected chi connectivity index (χ0v) is 8.29. The highest BCUT2D eigenvalue weighted by molar-refractivity contribution is 6.02. The van der Waals surface area contributed by atoms with Crippen molar-refractivity contribution in [1.29, 1.82) is 0 Å². The molecule has 2 aromatic heterocycles. The van der Waals surface area contributed by atoms with Crippen LogP contribution < -0.4 is 5.73 Å². The molecule has 78 valence electrons. The molecule has 0 bridgehead atoms. The van der Waals surface area contributed by atoms with Crippen molar-refractivity contribution in [2.45, 2.75) is 0 Å². The molecule has 0 saturated carbocycles. The predicted octanol–water partition coefficient (Wildman–Crippen LogP) is 0.981. The van der Waals surface area contributed by atoms with Crippen LogP contribution in [0.3, 0.4) is 0 Å². The minimum Gasteiger partial charge on any atom is -0.365 e. The van der Waals surface area contributed by atoms with Gasteiger partial charge in [0, 0.05) is 5.39 Å². The third kappa shape index (κ3) is 1.08. The molecule has 0 fully saturated rings. The van der Waals surface area contributed by atoms with Crippen molar-refractivity contribution in [2.75, 3.05) is 0 Å². The maximum atomic E-state index is 11.3. The number of nitrogens with two attached hydrogens (primary N) is 1. The summed E-state index contributed by atoms with van der Waals surface area (Å²) in [6, 6.07) is 9.37. The van der Waals surface area contributed by atoms with Crippen molar-refractivity contribution in [3.05, 3.63) is 42.2 Å². The summed E-state index contributed by atoms with van der Waals surface area (Å²) in [5.41, 5.74) is 7.09. The first-order chi connectivity index (χ1) is 7.77. The summed E-state index contributed by atoms with van der Waals surface area (Å²) in [4.78, 5) is 15.3. The number of primary amides is 1. The van der Waals surface area contributed by atoms with Crippen LogP contribution in [-0.2, 0) is 0 Å². The topological polar surface area (TPSA) is 73.3 Å². The number of hydrogen-bond acceptors (Lipinski definition) is 3. The lowest BCUT2D eigenvalue weighted by atomic mass is 10.1. The molecule has 0 unspecified atom stereocenters. The van der Waals surface area contributed by atoms with Crippen LogP contribution >= 0.6 is 0 Å². The molecule has 0 saturated heterocycles. The summed E-state index contributed by atoms with van der Waals surface area (Å²) in [5, 5.41) is 5.00. The van der Waals surface area contributed by atoms with Crippen molar-refractivity contribution < 1.29 is 4.79 Å². The Morgan fingerprint density at radius 2 is 2.12 bits per heavy atom. The smallest absolute Gasteiger partial charge is 0.252 e. The number of benzene rings is 1. The van der Waals surface area contributed by atoms with Crippen molar-refractivity contribution in [3.8, 4) is 0 Å². The molecule has 1 amide bonds. The highest BCUT2D eigenvalue weighted by Gasteiger charge is 2.11. The lowest BCUT2D eigenvalue weighted by Gasteiger charge is -2.03. The molecule has 0 aliphatic heterocycles. The van der Waals surface area contributed by atoms with Crippen LogP contribution in [0.2, 0.25) is 0 Å². The van der Waals surface area contributed by atoms with E-state index in [0.29, 0.717) is 11.2 Å². The van der Waals surface area contributed by atoms with Crippen LogP contribution in [0.15, 0.2) is 36.7 Å². The van der Waals surface area contributed by atoms with Crippen molar-refractivity contribution in [1.82, 2.24) is 14.6 Å². The molecule has 5 nitrogen and oxygen atoms in total. The maximum Gasteiger partial charge on any atom is 0.252 e. The first-order valence-electron chi connectivity index (χ1n) is 4.78. The molecule has 16 heavy (non-hydrogen) atoms. The van der Waals surface area contributed by atoms with Gasteiger partial charge in [-0.25, -0.2) is 9.50 Å². The second kappa shape index (κ2) is 3.03. The fourth-order valence-corrected chi connectivity index (χ4v) is 1.81. The van der Waals surface area contributed by atoms with Crippen LogP contribution in [0.5, 0.6) is 0 Å². The maximum absolute atomic E-state index is 11.3. The molecule has 2 heterocycles. The fourth-order valence-electron chi connectivity index (χ4n) is 1.81. The number of amides is 1. The molecule has 0 radical (unpaired) electrons. The Kier molecular flexibility index (Phi) is 1.67. The number of fused-ring (bicyclic) bond motifs is 3. The third-order valence-electron chi connectivity index (χ3n) is 2.52. The zero-order chi connectivity index (χ0) is 11.1. The SMILES string of the molecule is NC(=O)c1cc2ccccc2n2ncnc12. The largest absolute Gasteiger partial charge is 0.365 e. The monoisotopic (exact) mass is 212 g/mol. The van der Waals surface area contributed by atoms with Gasteiger partial charge in [0.2, 0.25) is 0 Å². The van der Waals surface area contributed by atoms with Gasteiger partial charge in [0.05, 0.1) is 11.1 Å². The van der Waals surface area contributed by atoms with Gasteiger partial charge in [0.25, 0.3) is 5.91 Å².